The van der Waals surface area contributed by atoms with Crippen molar-refractivity contribution in [1.29, 1.82) is 0 Å². The fourth-order valence-corrected chi connectivity index (χ4v) is 3.97. The topological polar surface area (TPSA) is 3.24 Å². The highest BCUT2D eigenvalue weighted by Crippen LogP contribution is 2.51. The molecule has 1 fully saturated rings. The van der Waals surface area contributed by atoms with Crippen molar-refractivity contribution in [3.05, 3.63) is 11.8 Å². The van der Waals surface area contributed by atoms with Gasteiger partial charge in [-0.15, -0.1) is 0 Å². The first-order chi connectivity index (χ1) is 8.94. The van der Waals surface area contributed by atoms with Crippen molar-refractivity contribution >= 4 is 17.1 Å². The minimum atomic E-state index is 0.437. The lowest BCUT2D eigenvalue weighted by molar-refractivity contribution is 0.182. The van der Waals surface area contributed by atoms with E-state index in [1.165, 1.54) is 38.6 Å². The lowest BCUT2D eigenvalue weighted by Crippen LogP contribution is -2.34. The smallest absolute Gasteiger partial charge is 0.0316 e. The van der Waals surface area contributed by atoms with Crippen LogP contribution in [0.2, 0.25) is 0 Å². The molecule has 2 rings (SSSR count). The number of allylic oxidation sites excluding steroid dienone is 2. The Hall–Kier alpha value is -0.370. The summed E-state index contributed by atoms with van der Waals surface area (Å²) in [6.45, 7) is 10.6. The fraction of sp³-hybridized carbons (Fsp3) is 0.824. The molecule has 1 saturated heterocycles. The molecule has 2 aliphatic rings. The molecule has 0 bridgehead atoms. The second-order valence-electron chi connectivity index (χ2n) is 6.96. The highest BCUT2D eigenvalue weighted by atomic mass is 32.1. The van der Waals surface area contributed by atoms with Crippen LogP contribution in [0, 0.1) is 11.3 Å². The molecule has 0 spiro atoms. The Morgan fingerprint density at radius 1 is 1.42 bits per heavy atom. The lowest BCUT2D eigenvalue weighted by atomic mass is 9.72. The van der Waals surface area contributed by atoms with Gasteiger partial charge in [-0.05, 0) is 62.7 Å². The largest absolute Gasteiger partial charge is 0.372 e. The normalized spacial score (nSPS) is 29.1. The number of thiocarbonyl (C=S) groups is 1. The van der Waals surface area contributed by atoms with Crippen molar-refractivity contribution in [2.24, 2.45) is 11.3 Å². The van der Waals surface area contributed by atoms with Crippen molar-refractivity contribution in [2.75, 3.05) is 6.54 Å². The monoisotopic (exact) mass is 279 g/mol. The maximum atomic E-state index is 5.17. The van der Waals surface area contributed by atoms with Crippen LogP contribution >= 0.6 is 12.2 Å². The number of rotatable bonds is 5. The standard InChI is InChI=1S/C17H29NS/c1-13(19)9-7-8-12-18-14(2)17(3,4)15-10-5-6-11-16(15)18/h11,14-15H,5-10,12H2,1-4H3. The summed E-state index contributed by atoms with van der Waals surface area (Å²) >= 11 is 5.17. The molecule has 19 heavy (non-hydrogen) atoms. The number of hydrogen-bond donors (Lipinski definition) is 0. The van der Waals surface area contributed by atoms with E-state index in [1.54, 1.807) is 5.70 Å². The molecule has 2 unspecified atom stereocenters. The number of hydrogen-bond acceptors (Lipinski definition) is 2. The van der Waals surface area contributed by atoms with Gasteiger partial charge in [-0.25, -0.2) is 0 Å². The summed E-state index contributed by atoms with van der Waals surface area (Å²) in [5.41, 5.74) is 2.09. The SMILES string of the molecule is CC(=S)CCCCN1C2=CCCCC2C(C)(C)C1C. The minimum absolute atomic E-state index is 0.437. The molecular weight excluding hydrogens is 250 g/mol. The molecule has 0 aromatic carbocycles. The summed E-state index contributed by atoms with van der Waals surface area (Å²) in [4.78, 5) is 3.85. The third-order valence-corrected chi connectivity index (χ3v) is 5.56. The van der Waals surface area contributed by atoms with Gasteiger partial charge in [0.25, 0.3) is 0 Å². The Morgan fingerprint density at radius 3 is 2.84 bits per heavy atom. The van der Waals surface area contributed by atoms with Crippen molar-refractivity contribution in [2.45, 2.75) is 72.3 Å². The molecule has 108 valence electrons. The average molecular weight is 279 g/mol. The molecule has 1 nitrogen and oxygen atoms in total. The Bertz CT molecular complexity index is 369. The van der Waals surface area contributed by atoms with Gasteiger partial charge in [-0.3, -0.25) is 0 Å². The minimum Gasteiger partial charge on any atom is -0.372 e. The third kappa shape index (κ3) is 3.04. The van der Waals surface area contributed by atoms with E-state index in [4.69, 9.17) is 12.2 Å². The quantitative estimate of drug-likeness (QED) is 0.517. The van der Waals surface area contributed by atoms with Crippen LogP contribution in [0.3, 0.4) is 0 Å². The molecule has 1 aliphatic carbocycles. The summed E-state index contributed by atoms with van der Waals surface area (Å²) in [7, 11) is 0. The molecule has 0 N–H and O–H groups in total. The molecular formula is C17H29NS. The second-order valence-corrected chi connectivity index (χ2v) is 7.66. The first-order valence-electron chi connectivity index (χ1n) is 7.90. The van der Waals surface area contributed by atoms with Crippen molar-refractivity contribution in [1.82, 2.24) is 4.90 Å². The van der Waals surface area contributed by atoms with Crippen molar-refractivity contribution < 1.29 is 0 Å². The van der Waals surface area contributed by atoms with Crippen LogP contribution < -0.4 is 0 Å². The predicted molar refractivity (Wildman–Crippen MR) is 87.5 cm³/mol. The second kappa shape index (κ2) is 5.95. The van der Waals surface area contributed by atoms with Crippen LogP contribution in [0.25, 0.3) is 0 Å². The first-order valence-corrected chi connectivity index (χ1v) is 8.31. The van der Waals surface area contributed by atoms with Gasteiger partial charge in [0.1, 0.15) is 0 Å². The molecule has 1 heterocycles. The highest BCUT2D eigenvalue weighted by molar-refractivity contribution is 7.80. The van der Waals surface area contributed by atoms with Crippen LogP contribution in [0.5, 0.6) is 0 Å². The molecule has 0 amide bonds. The lowest BCUT2D eigenvalue weighted by Gasteiger charge is -2.32. The van der Waals surface area contributed by atoms with E-state index >= 15 is 0 Å². The maximum Gasteiger partial charge on any atom is 0.0316 e. The predicted octanol–water partition coefficient (Wildman–Crippen LogP) is 4.96. The number of likely N-dealkylation sites (tertiary alicyclic amines) is 1. The van der Waals surface area contributed by atoms with Gasteiger partial charge in [0, 0.05) is 24.2 Å². The van der Waals surface area contributed by atoms with Gasteiger partial charge in [0.05, 0.1) is 0 Å². The van der Waals surface area contributed by atoms with E-state index in [1.807, 2.05) is 0 Å². The van der Waals surface area contributed by atoms with Crippen LogP contribution in [0.4, 0.5) is 0 Å². The van der Waals surface area contributed by atoms with Crippen molar-refractivity contribution in [3.8, 4) is 0 Å². The molecule has 1 aliphatic heterocycles. The van der Waals surface area contributed by atoms with E-state index < -0.39 is 0 Å². The zero-order valence-electron chi connectivity index (χ0n) is 13.0. The first kappa shape index (κ1) is 15.0. The summed E-state index contributed by atoms with van der Waals surface area (Å²) in [6.07, 6.45) is 10.2. The maximum absolute atomic E-state index is 5.17. The van der Waals surface area contributed by atoms with E-state index in [9.17, 15) is 0 Å². The molecule has 2 atom stereocenters. The summed E-state index contributed by atoms with van der Waals surface area (Å²) in [6, 6.07) is 0.676. The summed E-state index contributed by atoms with van der Waals surface area (Å²) in [5, 5.41) is 0. The van der Waals surface area contributed by atoms with Crippen LogP contribution in [0.1, 0.15) is 66.2 Å². The molecule has 0 aromatic heterocycles. The summed E-state index contributed by atoms with van der Waals surface area (Å²) in [5.74, 6) is 0.795. The molecule has 0 aromatic rings. The zero-order chi connectivity index (χ0) is 14.0. The Morgan fingerprint density at radius 2 is 2.16 bits per heavy atom. The molecule has 0 radical (unpaired) electrons. The third-order valence-electron chi connectivity index (χ3n) is 5.36. The fourth-order valence-electron chi connectivity index (χ4n) is 3.83. The Kier molecular flexibility index (Phi) is 4.70. The molecule has 2 heteroatoms. The van der Waals surface area contributed by atoms with E-state index in [0.29, 0.717) is 11.5 Å². The average Bonchev–Trinajstić information content (AvgIpc) is 2.55. The summed E-state index contributed by atoms with van der Waals surface area (Å²) < 4.78 is 0. The van der Waals surface area contributed by atoms with Crippen molar-refractivity contribution in [3.63, 3.8) is 0 Å². The van der Waals surface area contributed by atoms with Crippen LogP contribution in [-0.4, -0.2) is 22.4 Å². The highest BCUT2D eigenvalue weighted by Gasteiger charge is 2.48. The van der Waals surface area contributed by atoms with Gasteiger partial charge in [0.15, 0.2) is 0 Å². The van der Waals surface area contributed by atoms with Gasteiger partial charge in [-0.1, -0.05) is 32.1 Å². The number of nitrogens with zero attached hydrogens (tertiary/aromatic N) is 1. The van der Waals surface area contributed by atoms with E-state index in [-0.39, 0.29) is 0 Å². The van der Waals surface area contributed by atoms with Crippen LogP contribution in [-0.2, 0) is 0 Å². The Balaban J connectivity index is 1.99. The van der Waals surface area contributed by atoms with E-state index in [2.05, 4.69) is 38.7 Å². The van der Waals surface area contributed by atoms with Gasteiger partial charge >= 0.3 is 0 Å². The van der Waals surface area contributed by atoms with E-state index in [0.717, 1.165) is 17.2 Å². The van der Waals surface area contributed by atoms with Gasteiger partial charge < -0.3 is 4.90 Å². The zero-order valence-corrected chi connectivity index (χ0v) is 13.9. The van der Waals surface area contributed by atoms with Gasteiger partial charge in [-0.2, -0.15) is 0 Å². The number of fused-ring (bicyclic) bond motifs is 1. The van der Waals surface area contributed by atoms with Gasteiger partial charge in [0.2, 0.25) is 0 Å². The molecule has 0 saturated carbocycles. The number of unbranched alkanes of at least 4 members (excludes halogenated alkanes) is 1. The Labute approximate surface area is 124 Å². The van der Waals surface area contributed by atoms with Crippen LogP contribution in [0.15, 0.2) is 11.8 Å².